The van der Waals surface area contributed by atoms with Crippen LogP contribution in [0.5, 0.6) is 0 Å². The fourth-order valence-electron chi connectivity index (χ4n) is 7.10. The number of hydrogen-bond acceptors (Lipinski definition) is 6. The lowest BCUT2D eigenvalue weighted by Gasteiger charge is -2.36. The van der Waals surface area contributed by atoms with Gasteiger partial charge in [-0.25, -0.2) is 9.59 Å². The molecule has 4 aromatic carbocycles. The third-order valence-electron chi connectivity index (χ3n) is 9.26. The lowest BCUT2D eigenvalue weighted by Crippen LogP contribution is -2.43. The number of anilines is 2. The van der Waals surface area contributed by atoms with Gasteiger partial charge in [0.25, 0.3) is 0 Å². The maximum atomic E-state index is 13.1. The van der Waals surface area contributed by atoms with Gasteiger partial charge in [0.2, 0.25) is 0 Å². The molecule has 0 spiro atoms. The SMILES string of the molecule is CCOC(=O)C1Nc2ccc(C#N)cc2C2c3ccccc3CC12.O=C(O)C1CC(c2ccc(Cl)cc2)c2cc(Cl)c(C(F)(F)F)cc2N1. The first kappa shape index (κ1) is 34.2. The second kappa shape index (κ2) is 13.7. The number of carbonyl (C=O) groups excluding carboxylic acids is 1. The highest BCUT2D eigenvalue weighted by molar-refractivity contribution is 6.31. The normalized spacial score (nSPS) is 21.5. The van der Waals surface area contributed by atoms with Crippen molar-refractivity contribution in [1.82, 2.24) is 0 Å². The van der Waals surface area contributed by atoms with Crippen molar-refractivity contribution in [2.45, 2.75) is 49.9 Å². The number of carboxylic acid groups (broad SMARTS) is 1. The van der Waals surface area contributed by atoms with Gasteiger partial charge in [-0.05, 0) is 90.0 Å². The third-order valence-corrected chi connectivity index (χ3v) is 9.83. The van der Waals surface area contributed by atoms with E-state index in [2.05, 4.69) is 28.8 Å². The molecule has 7 nitrogen and oxygen atoms in total. The number of benzene rings is 4. The number of carboxylic acids is 1. The van der Waals surface area contributed by atoms with Crippen LogP contribution in [0, 0.1) is 17.2 Å². The number of fused-ring (bicyclic) bond motifs is 6. The third kappa shape index (κ3) is 6.78. The molecule has 0 bridgehead atoms. The van der Waals surface area contributed by atoms with Crippen molar-refractivity contribution in [2.75, 3.05) is 17.2 Å². The number of nitriles is 1. The molecule has 0 amide bonds. The molecule has 49 heavy (non-hydrogen) atoms. The quantitative estimate of drug-likeness (QED) is 0.182. The van der Waals surface area contributed by atoms with Crippen molar-refractivity contribution in [3.05, 3.63) is 128 Å². The predicted octanol–water partition coefficient (Wildman–Crippen LogP) is 8.63. The first-order chi connectivity index (χ1) is 23.4. The summed E-state index contributed by atoms with van der Waals surface area (Å²) in [6.07, 6.45) is -3.60. The van der Waals surface area contributed by atoms with Crippen LogP contribution in [0.3, 0.4) is 0 Å². The van der Waals surface area contributed by atoms with Gasteiger partial charge in [0.1, 0.15) is 12.1 Å². The summed E-state index contributed by atoms with van der Waals surface area (Å²) < 4.78 is 44.6. The number of halogens is 5. The zero-order valence-electron chi connectivity index (χ0n) is 26.0. The van der Waals surface area contributed by atoms with Crippen molar-refractivity contribution >= 4 is 46.5 Å². The fourth-order valence-corrected chi connectivity index (χ4v) is 7.50. The minimum Gasteiger partial charge on any atom is -0.480 e. The summed E-state index contributed by atoms with van der Waals surface area (Å²) in [5.41, 5.74) is 5.61. The number of esters is 1. The van der Waals surface area contributed by atoms with Gasteiger partial charge in [-0.3, -0.25) is 0 Å². The molecule has 1 aliphatic carbocycles. The van der Waals surface area contributed by atoms with Crippen LogP contribution in [0.15, 0.2) is 78.9 Å². The minimum absolute atomic E-state index is 0.114. The highest BCUT2D eigenvalue weighted by Gasteiger charge is 2.46. The van der Waals surface area contributed by atoms with Crippen LogP contribution < -0.4 is 10.6 Å². The van der Waals surface area contributed by atoms with E-state index in [1.54, 1.807) is 30.3 Å². The Hall–Kier alpha value is -4.72. The van der Waals surface area contributed by atoms with E-state index in [1.807, 2.05) is 31.2 Å². The van der Waals surface area contributed by atoms with E-state index in [0.717, 1.165) is 29.3 Å². The van der Waals surface area contributed by atoms with Gasteiger partial charge in [0.05, 0.1) is 28.8 Å². The van der Waals surface area contributed by atoms with Gasteiger partial charge in [-0.2, -0.15) is 18.4 Å². The van der Waals surface area contributed by atoms with Gasteiger partial charge in [0.15, 0.2) is 0 Å². The Bertz CT molecular complexity index is 1960. The Kier molecular flexibility index (Phi) is 9.52. The highest BCUT2D eigenvalue weighted by Crippen LogP contribution is 2.50. The van der Waals surface area contributed by atoms with Gasteiger partial charge in [-0.1, -0.05) is 59.6 Å². The molecule has 252 valence electrons. The van der Waals surface area contributed by atoms with Crippen molar-refractivity contribution in [3.63, 3.8) is 0 Å². The Morgan fingerprint density at radius 3 is 2.37 bits per heavy atom. The zero-order valence-corrected chi connectivity index (χ0v) is 27.5. The first-order valence-electron chi connectivity index (χ1n) is 15.6. The van der Waals surface area contributed by atoms with Gasteiger partial charge in [-0.15, -0.1) is 0 Å². The number of alkyl halides is 3. The average molecular weight is 709 g/mol. The highest BCUT2D eigenvalue weighted by atomic mass is 35.5. The Morgan fingerprint density at radius 1 is 0.959 bits per heavy atom. The lowest BCUT2D eigenvalue weighted by molar-refractivity contribution is -0.145. The van der Waals surface area contributed by atoms with E-state index in [1.165, 1.54) is 17.2 Å². The van der Waals surface area contributed by atoms with Crippen LogP contribution in [0.2, 0.25) is 10.0 Å². The standard InChI is InChI=1S/C20H18N2O2.C17H12Cl2F3NO2/c1-2-24-20(23)19-16-10-13-5-3-4-6-14(13)18(16)15-9-12(11-21)7-8-17(15)22-19;18-9-3-1-8(2-4-9)10-6-15(16(24)25)23-14-7-12(17(20,21)22)13(19)5-11(10)14/h3-9,16,18-19,22H,2,10H2,1H3;1-5,7,10,15,23H,6H2,(H,24,25). The monoisotopic (exact) mass is 707 g/mol. The molecule has 3 N–H and O–H groups in total. The second-order valence-corrected chi connectivity index (χ2v) is 13.0. The number of nitrogens with zero attached hydrogens (tertiary/aromatic N) is 1. The van der Waals surface area contributed by atoms with E-state index in [-0.39, 0.29) is 36.0 Å². The van der Waals surface area contributed by atoms with Crippen molar-refractivity contribution in [2.24, 2.45) is 5.92 Å². The number of nitrogens with one attached hydrogen (secondary N) is 2. The smallest absolute Gasteiger partial charge is 0.417 e. The maximum Gasteiger partial charge on any atom is 0.417 e. The maximum absolute atomic E-state index is 13.1. The Morgan fingerprint density at radius 2 is 1.69 bits per heavy atom. The number of carbonyl (C=O) groups is 2. The summed E-state index contributed by atoms with van der Waals surface area (Å²) in [6, 6.07) is 23.7. The molecule has 5 unspecified atom stereocenters. The average Bonchev–Trinajstić information content (AvgIpc) is 3.47. The van der Waals surface area contributed by atoms with Crippen LogP contribution in [0.1, 0.15) is 64.1 Å². The summed E-state index contributed by atoms with van der Waals surface area (Å²) >= 11 is 11.7. The summed E-state index contributed by atoms with van der Waals surface area (Å²) in [6.45, 7) is 2.20. The van der Waals surface area contributed by atoms with Crippen molar-refractivity contribution in [3.8, 4) is 6.07 Å². The molecule has 2 aliphatic heterocycles. The van der Waals surface area contributed by atoms with Crippen molar-refractivity contribution in [1.29, 1.82) is 5.26 Å². The molecule has 4 aromatic rings. The van der Waals surface area contributed by atoms with Crippen LogP contribution in [0.25, 0.3) is 0 Å². The summed E-state index contributed by atoms with van der Waals surface area (Å²) in [7, 11) is 0. The molecule has 12 heteroatoms. The number of aliphatic carboxylic acids is 1. The summed E-state index contributed by atoms with van der Waals surface area (Å²) in [5.74, 6) is -1.50. The molecule has 0 saturated heterocycles. The van der Waals surface area contributed by atoms with Crippen LogP contribution in [-0.2, 0) is 26.9 Å². The van der Waals surface area contributed by atoms with E-state index in [9.17, 15) is 33.1 Å². The molecule has 2 heterocycles. The molecule has 0 fully saturated rings. The minimum atomic E-state index is -4.63. The fraction of sp³-hybridized carbons (Fsp3) is 0.270. The topological polar surface area (TPSA) is 111 Å². The lowest BCUT2D eigenvalue weighted by atomic mass is 9.77. The van der Waals surface area contributed by atoms with E-state index in [0.29, 0.717) is 22.8 Å². The molecule has 0 saturated carbocycles. The number of rotatable bonds is 4. The predicted molar refractivity (Wildman–Crippen MR) is 180 cm³/mol. The van der Waals surface area contributed by atoms with Crippen LogP contribution >= 0.6 is 23.2 Å². The van der Waals surface area contributed by atoms with Gasteiger partial charge in [0, 0.05) is 34.2 Å². The van der Waals surface area contributed by atoms with Crippen LogP contribution in [0.4, 0.5) is 24.5 Å². The van der Waals surface area contributed by atoms with Crippen molar-refractivity contribution < 1.29 is 32.6 Å². The molecule has 0 aromatic heterocycles. The molecule has 5 atom stereocenters. The molecule has 3 aliphatic rings. The van der Waals surface area contributed by atoms with Gasteiger partial charge >= 0.3 is 18.1 Å². The number of hydrogen-bond donors (Lipinski definition) is 3. The van der Waals surface area contributed by atoms with E-state index >= 15 is 0 Å². The first-order valence-corrected chi connectivity index (χ1v) is 16.4. The van der Waals surface area contributed by atoms with E-state index in [4.69, 9.17) is 27.9 Å². The number of ether oxygens (including phenoxy) is 1. The largest absolute Gasteiger partial charge is 0.480 e. The van der Waals surface area contributed by atoms with Crippen LogP contribution in [-0.4, -0.2) is 35.7 Å². The summed E-state index contributed by atoms with van der Waals surface area (Å²) in [4.78, 5) is 23.9. The zero-order chi connectivity index (χ0) is 35.0. The second-order valence-electron chi connectivity index (χ2n) is 12.1. The summed E-state index contributed by atoms with van der Waals surface area (Å²) in [5, 5.41) is 24.7. The van der Waals surface area contributed by atoms with E-state index < -0.39 is 34.7 Å². The molecular formula is C37H30Cl2F3N3O4. The van der Waals surface area contributed by atoms with Gasteiger partial charge < -0.3 is 20.5 Å². The molecular weight excluding hydrogens is 678 g/mol. The Balaban J connectivity index is 0.000000170. The molecule has 0 radical (unpaired) electrons. The molecule has 7 rings (SSSR count). The Labute approximate surface area is 290 Å².